The number of ether oxygens (including phenoxy) is 1. The predicted molar refractivity (Wildman–Crippen MR) is 128 cm³/mol. The van der Waals surface area contributed by atoms with Gasteiger partial charge in [-0.15, -0.1) is 0 Å². The van der Waals surface area contributed by atoms with Gasteiger partial charge in [-0.25, -0.2) is 8.42 Å². The average Bonchev–Trinajstić information content (AvgIpc) is 2.80. The molecule has 1 unspecified atom stereocenters. The molecule has 0 aliphatic rings. The van der Waals surface area contributed by atoms with Gasteiger partial charge in [-0.2, -0.15) is 0 Å². The summed E-state index contributed by atoms with van der Waals surface area (Å²) in [5.74, 6) is 0.336. The van der Waals surface area contributed by atoms with Gasteiger partial charge < -0.3 is 10.1 Å². The first-order chi connectivity index (χ1) is 15.3. The number of nitrogens with zero attached hydrogens (tertiary/aromatic N) is 1. The maximum Gasteiger partial charge on any atom is 0.265 e. The number of hydrogen-bond acceptors (Lipinski definition) is 4. The van der Waals surface area contributed by atoms with Crippen LogP contribution in [0.3, 0.4) is 0 Å². The molecule has 7 heteroatoms. The first-order valence-electron chi connectivity index (χ1n) is 10.6. The molecule has 0 bridgehead atoms. The number of aryl methyl sites for hydroxylation is 1. The molecular weight excluding hydrogens is 424 g/mol. The monoisotopic (exact) mass is 452 g/mol. The van der Waals surface area contributed by atoms with E-state index in [2.05, 4.69) is 5.32 Å². The standard InChI is InChI=1S/C25H28N2O4S/c1-4-24(31-22-15-11-19(3)12-16-22)25(28)26-20-13-17-23(18-14-20)32(29,30)27(5-2)21-9-7-6-8-10-21/h6-18,24H,4-5H2,1-3H3,(H,26,28). The molecular formula is C25H28N2O4S. The molecule has 1 atom stereocenters. The second-order valence-corrected chi connectivity index (χ2v) is 9.21. The third kappa shape index (κ3) is 5.48. The van der Waals surface area contributed by atoms with E-state index in [0.717, 1.165) is 5.56 Å². The van der Waals surface area contributed by atoms with E-state index >= 15 is 0 Å². The summed E-state index contributed by atoms with van der Waals surface area (Å²) in [6.07, 6.45) is -0.163. The Morgan fingerprint density at radius 3 is 2.12 bits per heavy atom. The van der Waals surface area contributed by atoms with Gasteiger partial charge in [0, 0.05) is 12.2 Å². The van der Waals surface area contributed by atoms with Crippen LogP contribution < -0.4 is 14.4 Å². The summed E-state index contributed by atoms with van der Waals surface area (Å²) in [5, 5.41) is 2.81. The number of amides is 1. The maximum atomic E-state index is 13.1. The molecule has 1 N–H and O–H groups in total. The lowest BCUT2D eigenvalue weighted by atomic mass is 10.2. The first-order valence-corrected chi connectivity index (χ1v) is 12.0. The number of carbonyl (C=O) groups is 1. The Kier molecular flexibility index (Phi) is 7.53. The molecule has 168 valence electrons. The summed E-state index contributed by atoms with van der Waals surface area (Å²) in [7, 11) is -3.72. The highest BCUT2D eigenvalue weighted by Gasteiger charge is 2.24. The van der Waals surface area contributed by atoms with Crippen LogP contribution in [0.15, 0.2) is 83.8 Å². The second-order valence-electron chi connectivity index (χ2n) is 7.35. The molecule has 0 aliphatic heterocycles. The third-order valence-electron chi connectivity index (χ3n) is 5.00. The lowest BCUT2D eigenvalue weighted by molar-refractivity contribution is -0.122. The van der Waals surface area contributed by atoms with Gasteiger partial charge in [-0.05, 0) is 68.8 Å². The topological polar surface area (TPSA) is 75.7 Å². The lowest BCUT2D eigenvalue weighted by Crippen LogP contribution is -2.32. The normalized spacial score (nSPS) is 12.1. The van der Waals surface area contributed by atoms with Crippen LogP contribution in [-0.4, -0.2) is 27.0 Å². The molecule has 32 heavy (non-hydrogen) atoms. The van der Waals surface area contributed by atoms with E-state index in [-0.39, 0.29) is 10.8 Å². The number of rotatable bonds is 9. The summed E-state index contributed by atoms with van der Waals surface area (Å²) in [6.45, 7) is 5.95. The Morgan fingerprint density at radius 1 is 0.938 bits per heavy atom. The Hall–Kier alpha value is -3.32. The van der Waals surface area contributed by atoms with Crippen molar-refractivity contribution in [1.82, 2.24) is 0 Å². The van der Waals surface area contributed by atoms with Crippen LogP contribution in [0.2, 0.25) is 0 Å². The summed E-state index contributed by atoms with van der Waals surface area (Å²) < 4.78 is 33.4. The van der Waals surface area contributed by atoms with E-state index in [1.807, 2.05) is 44.2 Å². The zero-order valence-electron chi connectivity index (χ0n) is 18.5. The van der Waals surface area contributed by atoms with Gasteiger partial charge in [0.1, 0.15) is 5.75 Å². The Morgan fingerprint density at radius 2 is 1.56 bits per heavy atom. The Bertz CT molecular complexity index is 1130. The van der Waals surface area contributed by atoms with Crippen molar-refractivity contribution in [2.45, 2.75) is 38.2 Å². The van der Waals surface area contributed by atoms with Gasteiger partial charge in [0.05, 0.1) is 10.6 Å². The van der Waals surface area contributed by atoms with Crippen LogP contribution in [0.1, 0.15) is 25.8 Å². The number of benzene rings is 3. The van der Waals surface area contributed by atoms with Crippen LogP contribution in [0.5, 0.6) is 5.75 Å². The molecule has 0 radical (unpaired) electrons. The molecule has 1 amide bonds. The molecule has 0 heterocycles. The Labute approximate surface area is 189 Å². The van der Waals surface area contributed by atoms with Crippen LogP contribution in [0.25, 0.3) is 0 Å². The molecule has 0 fully saturated rings. The predicted octanol–water partition coefficient (Wildman–Crippen LogP) is 5.01. The largest absolute Gasteiger partial charge is 0.481 e. The molecule has 0 aliphatic carbocycles. The van der Waals surface area contributed by atoms with Gasteiger partial charge >= 0.3 is 0 Å². The molecule has 0 saturated carbocycles. The van der Waals surface area contributed by atoms with Gasteiger partial charge in [0.15, 0.2) is 6.10 Å². The van der Waals surface area contributed by atoms with Crippen molar-refractivity contribution in [1.29, 1.82) is 0 Å². The second kappa shape index (κ2) is 10.3. The van der Waals surface area contributed by atoms with Crippen molar-refractivity contribution < 1.29 is 17.9 Å². The quantitative estimate of drug-likeness (QED) is 0.495. The summed E-state index contributed by atoms with van der Waals surface area (Å²) in [5.41, 5.74) is 2.22. The molecule has 3 aromatic rings. The fourth-order valence-electron chi connectivity index (χ4n) is 3.25. The number of anilines is 2. The molecule has 0 aromatic heterocycles. The number of nitrogens with one attached hydrogen (secondary N) is 1. The fourth-order valence-corrected chi connectivity index (χ4v) is 4.72. The van der Waals surface area contributed by atoms with Crippen molar-refractivity contribution in [3.05, 3.63) is 84.4 Å². The van der Waals surface area contributed by atoms with E-state index in [1.165, 1.54) is 16.4 Å². The van der Waals surface area contributed by atoms with E-state index in [9.17, 15) is 13.2 Å². The van der Waals surface area contributed by atoms with Gasteiger partial charge in [0.2, 0.25) is 0 Å². The van der Waals surface area contributed by atoms with Gasteiger partial charge in [0.25, 0.3) is 15.9 Å². The summed E-state index contributed by atoms with van der Waals surface area (Å²) >= 11 is 0. The number of sulfonamides is 1. The van der Waals surface area contributed by atoms with Crippen molar-refractivity contribution in [3.8, 4) is 5.75 Å². The van der Waals surface area contributed by atoms with Crippen molar-refractivity contribution in [2.24, 2.45) is 0 Å². The zero-order valence-corrected chi connectivity index (χ0v) is 19.3. The van der Waals surface area contributed by atoms with Crippen molar-refractivity contribution in [3.63, 3.8) is 0 Å². The number of para-hydroxylation sites is 1. The van der Waals surface area contributed by atoms with E-state index in [0.29, 0.717) is 30.1 Å². The molecule has 6 nitrogen and oxygen atoms in total. The smallest absolute Gasteiger partial charge is 0.265 e. The van der Waals surface area contributed by atoms with Crippen LogP contribution >= 0.6 is 0 Å². The molecule has 3 aromatic carbocycles. The van der Waals surface area contributed by atoms with E-state index < -0.39 is 16.1 Å². The maximum absolute atomic E-state index is 13.1. The minimum absolute atomic E-state index is 0.157. The molecule has 3 rings (SSSR count). The van der Waals surface area contributed by atoms with Crippen molar-refractivity contribution in [2.75, 3.05) is 16.2 Å². The SMILES string of the molecule is CCC(Oc1ccc(C)cc1)C(=O)Nc1ccc(S(=O)(=O)N(CC)c2ccccc2)cc1. The number of hydrogen-bond donors (Lipinski definition) is 1. The summed E-state index contributed by atoms with van der Waals surface area (Å²) in [6, 6.07) is 22.6. The van der Waals surface area contributed by atoms with Crippen molar-refractivity contribution >= 4 is 27.3 Å². The third-order valence-corrected chi connectivity index (χ3v) is 6.92. The number of carbonyl (C=O) groups excluding carboxylic acids is 1. The van der Waals surface area contributed by atoms with E-state index in [1.54, 1.807) is 43.3 Å². The highest BCUT2D eigenvalue weighted by molar-refractivity contribution is 7.92. The fraction of sp³-hybridized carbons (Fsp3) is 0.240. The van der Waals surface area contributed by atoms with Crippen LogP contribution in [-0.2, 0) is 14.8 Å². The molecule has 0 spiro atoms. The molecule has 0 saturated heterocycles. The van der Waals surface area contributed by atoms with Gasteiger partial charge in [-0.3, -0.25) is 9.10 Å². The highest BCUT2D eigenvalue weighted by atomic mass is 32.2. The minimum atomic E-state index is -3.72. The van der Waals surface area contributed by atoms with Crippen LogP contribution in [0, 0.1) is 6.92 Å². The Balaban J connectivity index is 1.71. The van der Waals surface area contributed by atoms with Crippen LogP contribution in [0.4, 0.5) is 11.4 Å². The van der Waals surface area contributed by atoms with Gasteiger partial charge in [-0.1, -0.05) is 42.8 Å². The van der Waals surface area contributed by atoms with E-state index in [4.69, 9.17) is 4.74 Å². The lowest BCUT2D eigenvalue weighted by Gasteiger charge is -2.23. The zero-order chi connectivity index (χ0) is 23.1. The minimum Gasteiger partial charge on any atom is -0.481 e. The average molecular weight is 453 g/mol. The summed E-state index contributed by atoms with van der Waals surface area (Å²) in [4.78, 5) is 12.8. The highest BCUT2D eigenvalue weighted by Crippen LogP contribution is 2.24. The first kappa shape index (κ1) is 23.3.